The Morgan fingerprint density at radius 1 is 0.933 bits per heavy atom. The standard InChI is InChI=1S/C20H14F6N2O2/c1-10-17(11(2)30-28-10)18(29)27-16-8-7-12(9-15(16)20(24,25)26)13-5-3-4-6-14(13)19(21,22)23/h3-9H,1-2H3,(H,27,29). The van der Waals surface area contributed by atoms with Gasteiger partial charge in [-0.1, -0.05) is 29.4 Å². The smallest absolute Gasteiger partial charge is 0.361 e. The van der Waals surface area contributed by atoms with Crippen molar-refractivity contribution >= 4 is 11.6 Å². The number of aryl methyl sites for hydroxylation is 2. The first-order chi connectivity index (χ1) is 13.9. The van der Waals surface area contributed by atoms with E-state index in [1.807, 2.05) is 0 Å². The number of rotatable bonds is 3. The van der Waals surface area contributed by atoms with E-state index in [1.54, 1.807) is 0 Å². The molecule has 2 aromatic carbocycles. The van der Waals surface area contributed by atoms with Crippen molar-refractivity contribution in [3.63, 3.8) is 0 Å². The predicted octanol–water partition coefficient (Wildman–Crippen LogP) is 6.25. The summed E-state index contributed by atoms with van der Waals surface area (Å²) in [6.45, 7) is 2.88. The van der Waals surface area contributed by atoms with E-state index >= 15 is 0 Å². The highest BCUT2D eigenvalue weighted by molar-refractivity contribution is 6.06. The summed E-state index contributed by atoms with van der Waals surface area (Å²) in [6, 6.07) is 6.90. The minimum atomic E-state index is -4.93. The van der Waals surface area contributed by atoms with Crippen molar-refractivity contribution in [3.8, 4) is 11.1 Å². The van der Waals surface area contributed by atoms with E-state index < -0.39 is 40.6 Å². The molecule has 0 saturated carbocycles. The van der Waals surface area contributed by atoms with Crippen molar-refractivity contribution in [2.24, 2.45) is 0 Å². The number of halogens is 6. The molecule has 0 atom stereocenters. The monoisotopic (exact) mass is 428 g/mol. The van der Waals surface area contributed by atoms with Gasteiger partial charge in [0.05, 0.1) is 22.5 Å². The summed E-state index contributed by atoms with van der Waals surface area (Å²) in [4.78, 5) is 12.4. The van der Waals surface area contributed by atoms with Crippen molar-refractivity contribution < 1.29 is 35.7 Å². The number of aromatic nitrogens is 1. The van der Waals surface area contributed by atoms with Gasteiger partial charge in [-0.3, -0.25) is 4.79 Å². The number of nitrogens with one attached hydrogen (secondary N) is 1. The molecule has 4 nitrogen and oxygen atoms in total. The molecule has 0 spiro atoms. The summed E-state index contributed by atoms with van der Waals surface area (Å²) < 4.78 is 85.5. The summed E-state index contributed by atoms with van der Waals surface area (Å²) in [5, 5.41) is 5.72. The Morgan fingerprint density at radius 2 is 1.57 bits per heavy atom. The number of anilines is 1. The van der Waals surface area contributed by atoms with Crippen molar-refractivity contribution in [1.29, 1.82) is 0 Å². The first-order valence-corrected chi connectivity index (χ1v) is 8.51. The van der Waals surface area contributed by atoms with E-state index in [2.05, 4.69) is 10.5 Å². The van der Waals surface area contributed by atoms with Gasteiger partial charge in [-0.15, -0.1) is 0 Å². The van der Waals surface area contributed by atoms with Crippen LogP contribution in [0.1, 0.15) is 32.9 Å². The highest BCUT2D eigenvalue weighted by Crippen LogP contribution is 2.41. The maximum atomic E-state index is 13.6. The van der Waals surface area contributed by atoms with Gasteiger partial charge in [0, 0.05) is 0 Å². The van der Waals surface area contributed by atoms with Gasteiger partial charge in [0.25, 0.3) is 5.91 Å². The van der Waals surface area contributed by atoms with E-state index in [9.17, 15) is 31.1 Å². The zero-order valence-corrected chi connectivity index (χ0v) is 15.6. The van der Waals surface area contributed by atoms with Crippen LogP contribution in [0, 0.1) is 13.8 Å². The van der Waals surface area contributed by atoms with Crippen molar-refractivity contribution in [1.82, 2.24) is 5.16 Å². The van der Waals surface area contributed by atoms with Crippen molar-refractivity contribution in [2.45, 2.75) is 26.2 Å². The highest BCUT2D eigenvalue weighted by Gasteiger charge is 2.37. The number of hydrogen-bond donors (Lipinski definition) is 1. The predicted molar refractivity (Wildman–Crippen MR) is 95.8 cm³/mol. The molecule has 0 bridgehead atoms. The average molecular weight is 428 g/mol. The quantitative estimate of drug-likeness (QED) is 0.502. The van der Waals surface area contributed by atoms with E-state index in [0.717, 1.165) is 30.3 Å². The fourth-order valence-corrected chi connectivity index (χ4v) is 3.03. The van der Waals surface area contributed by atoms with Crippen LogP contribution in [0.3, 0.4) is 0 Å². The van der Waals surface area contributed by atoms with Crippen molar-refractivity contribution in [3.05, 3.63) is 70.6 Å². The fourth-order valence-electron chi connectivity index (χ4n) is 3.03. The SMILES string of the molecule is Cc1noc(C)c1C(=O)Nc1ccc(-c2ccccc2C(F)(F)F)cc1C(F)(F)F. The zero-order valence-electron chi connectivity index (χ0n) is 15.6. The number of amides is 1. The molecule has 0 aliphatic rings. The third kappa shape index (κ3) is 4.17. The van der Waals surface area contributed by atoms with Gasteiger partial charge in [-0.25, -0.2) is 0 Å². The van der Waals surface area contributed by atoms with Crippen LogP contribution in [0.2, 0.25) is 0 Å². The summed E-state index contributed by atoms with van der Waals surface area (Å²) in [5.41, 5.74) is -3.46. The molecule has 0 unspecified atom stereocenters. The second kappa shape index (κ2) is 7.51. The minimum absolute atomic E-state index is 0.0189. The van der Waals surface area contributed by atoms with Crippen LogP contribution < -0.4 is 5.32 Å². The second-order valence-corrected chi connectivity index (χ2v) is 6.45. The van der Waals surface area contributed by atoms with E-state index in [-0.39, 0.29) is 22.6 Å². The number of carbonyl (C=O) groups is 1. The van der Waals surface area contributed by atoms with Gasteiger partial charge in [0.1, 0.15) is 11.3 Å². The molecule has 0 radical (unpaired) electrons. The maximum Gasteiger partial charge on any atom is 0.418 e. The molecule has 1 amide bonds. The Kier molecular flexibility index (Phi) is 5.36. The topological polar surface area (TPSA) is 55.1 Å². The summed E-state index contributed by atoms with van der Waals surface area (Å²) >= 11 is 0. The normalized spacial score (nSPS) is 12.1. The largest absolute Gasteiger partial charge is 0.418 e. The lowest BCUT2D eigenvalue weighted by atomic mass is 9.96. The van der Waals surface area contributed by atoms with Gasteiger partial charge in [-0.2, -0.15) is 26.3 Å². The van der Waals surface area contributed by atoms with Gasteiger partial charge in [0.2, 0.25) is 0 Å². The first kappa shape index (κ1) is 21.4. The van der Waals surface area contributed by atoms with Crippen LogP contribution in [0.5, 0.6) is 0 Å². The third-order valence-corrected chi connectivity index (χ3v) is 4.38. The van der Waals surface area contributed by atoms with Crippen LogP contribution in [-0.2, 0) is 12.4 Å². The van der Waals surface area contributed by atoms with Crippen LogP contribution in [0.15, 0.2) is 47.0 Å². The van der Waals surface area contributed by atoms with Crippen molar-refractivity contribution in [2.75, 3.05) is 5.32 Å². The third-order valence-electron chi connectivity index (χ3n) is 4.38. The summed E-state index contributed by atoms with van der Waals surface area (Å²) in [7, 11) is 0. The van der Waals surface area contributed by atoms with Crippen LogP contribution in [0.4, 0.5) is 32.0 Å². The van der Waals surface area contributed by atoms with Crippen LogP contribution in [-0.4, -0.2) is 11.1 Å². The van der Waals surface area contributed by atoms with Gasteiger partial charge < -0.3 is 9.84 Å². The van der Waals surface area contributed by atoms with E-state index in [0.29, 0.717) is 6.07 Å². The molecular weight excluding hydrogens is 414 g/mol. The molecule has 0 fully saturated rings. The fraction of sp³-hybridized carbons (Fsp3) is 0.200. The second-order valence-electron chi connectivity index (χ2n) is 6.45. The first-order valence-electron chi connectivity index (χ1n) is 8.51. The zero-order chi connectivity index (χ0) is 22.3. The number of alkyl halides is 6. The number of nitrogens with zero attached hydrogens (tertiary/aromatic N) is 1. The molecular formula is C20H14F6N2O2. The van der Waals surface area contributed by atoms with Crippen LogP contribution in [0.25, 0.3) is 11.1 Å². The summed E-state index contributed by atoms with van der Waals surface area (Å²) in [5.74, 6) is -0.755. The Labute approximate surface area is 166 Å². The molecule has 0 aliphatic heterocycles. The summed E-state index contributed by atoms with van der Waals surface area (Å²) in [6.07, 6.45) is -9.67. The Hall–Kier alpha value is -3.30. The van der Waals surface area contributed by atoms with Crippen LogP contribution >= 0.6 is 0 Å². The number of hydrogen-bond acceptors (Lipinski definition) is 3. The molecule has 3 rings (SSSR count). The lowest BCUT2D eigenvalue weighted by Crippen LogP contribution is -2.18. The molecule has 0 aliphatic carbocycles. The Bertz CT molecular complexity index is 1080. The molecule has 3 aromatic rings. The molecule has 1 heterocycles. The number of benzene rings is 2. The Balaban J connectivity index is 2.08. The lowest BCUT2D eigenvalue weighted by Gasteiger charge is -2.17. The van der Waals surface area contributed by atoms with Gasteiger partial charge >= 0.3 is 12.4 Å². The molecule has 0 saturated heterocycles. The molecule has 158 valence electrons. The highest BCUT2D eigenvalue weighted by atomic mass is 19.4. The van der Waals surface area contributed by atoms with E-state index in [4.69, 9.17) is 4.52 Å². The lowest BCUT2D eigenvalue weighted by molar-refractivity contribution is -0.137. The molecule has 30 heavy (non-hydrogen) atoms. The van der Waals surface area contributed by atoms with E-state index in [1.165, 1.54) is 19.9 Å². The molecule has 1 N–H and O–H groups in total. The Morgan fingerprint density at radius 3 is 2.13 bits per heavy atom. The van der Waals surface area contributed by atoms with Gasteiger partial charge in [0.15, 0.2) is 0 Å². The molecule has 10 heteroatoms. The average Bonchev–Trinajstić information content (AvgIpc) is 2.99. The minimum Gasteiger partial charge on any atom is -0.361 e. The number of carbonyl (C=O) groups excluding carboxylic acids is 1. The van der Waals surface area contributed by atoms with Gasteiger partial charge in [-0.05, 0) is 43.2 Å². The maximum absolute atomic E-state index is 13.6. The molecule has 1 aromatic heterocycles.